The summed E-state index contributed by atoms with van der Waals surface area (Å²) < 4.78 is 16.0. The molecule has 6 aromatic rings. The summed E-state index contributed by atoms with van der Waals surface area (Å²) in [6, 6.07) is 35.9. The highest BCUT2D eigenvalue weighted by Gasteiger charge is 2.34. The summed E-state index contributed by atoms with van der Waals surface area (Å²) in [4.78, 5) is 33.4. The van der Waals surface area contributed by atoms with Gasteiger partial charge < -0.3 is 14.0 Å². The van der Waals surface area contributed by atoms with Gasteiger partial charge in [0.15, 0.2) is 4.80 Å². The van der Waals surface area contributed by atoms with Crippen LogP contribution in [0.15, 0.2) is 135 Å². The molecule has 9 heteroatoms. The molecule has 0 bridgehead atoms. The molecule has 0 radical (unpaired) electrons. The van der Waals surface area contributed by atoms with Crippen LogP contribution in [0.3, 0.4) is 0 Å². The van der Waals surface area contributed by atoms with E-state index in [2.05, 4.69) is 82.0 Å². The highest BCUT2D eigenvalue weighted by Crippen LogP contribution is 2.38. The van der Waals surface area contributed by atoms with E-state index in [-0.39, 0.29) is 12.2 Å². The maximum absolute atomic E-state index is 14.6. The lowest BCUT2D eigenvalue weighted by molar-refractivity contribution is -0.139. The van der Waals surface area contributed by atoms with Gasteiger partial charge >= 0.3 is 5.97 Å². The molecule has 3 heterocycles. The van der Waals surface area contributed by atoms with Gasteiger partial charge in [0, 0.05) is 11.3 Å². The summed E-state index contributed by atoms with van der Waals surface area (Å²) in [5, 5.41) is 0. The molecule has 2 aromatic heterocycles. The fraction of sp³-hybridized carbons (Fsp3) is 0.146. The molecule has 50 heavy (non-hydrogen) atoms. The monoisotopic (exact) mass is 743 g/mol. The third-order valence-corrected chi connectivity index (χ3v) is 10.3. The Morgan fingerprint density at radius 3 is 2.24 bits per heavy atom. The quantitative estimate of drug-likeness (QED) is 0.148. The summed E-state index contributed by atoms with van der Waals surface area (Å²) in [6.45, 7) is 5.83. The lowest BCUT2D eigenvalue weighted by Gasteiger charge is -2.25. The largest absolute Gasteiger partial charge is 0.496 e. The number of allylic oxidation sites excluding steroid dienone is 1. The Bertz CT molecular complexity index is 2440. The number of aromatic nitrogens is 2. The fourth-order valence-electron chi connectivity index (χ4n) is 6.42. The number of nitrogens with zero attached hydrogens (tertiary/aromatic N) is 3. The third-order valence-electron chi connectivity index (χ3n) is 8.73. The minimum absolute atomic E-state index is 0.197. The molecule has 0 spiro atoms. The Kier molecular flexibility index (Phi) is 9.27. The number of esters is 1. The highest BCUT2D eigenvalue weighted by atomic mass is 79.9. The molecule has 4 aromatic carbocycles. The van der Waals surface area contributed by atoms with Crippen LogP contribution in [0.5, 0.6) is 5.75 Å². The van der Waals surface area contributed by atoms with Crippen LogP contribution in [0.1, 0.15) is 36.6 Å². The van der Waals surface area contributed by atoms with Crippen molar-refractivity contribution in [2.75, 3.05) is 13.7 Å². The second-order valence-electron chi connectivity index (χ2n) is 11.9. The number of hydrogen-bond acceptors (Lipinski definition) is 6. The van der Waals surface area contributed by atoms with Crippen LogP contribution in [0.25, 0.3) is 34.3 Å². The first kappa shape index (κ1) is 33.3. The number of aryl methyl sites for hydroxylation is 1. The van der Waals surface area contributed by atoms with E-state index >= 15 is 0 Å². The molecule has 7 nitrogen and oxygen atoms in total. The van der Waals surface area contributed by atoms with E-state index < -0.39 is 12.0 Å². The van der Waals surface area contributed by atoms with Crippen molar-refractivity contribution in [3.05, 3.63) is 161 Å². The summed E-state index contributed by atoms with van der Waals surface area (Å²) in [5.74, 6) is 0.134. The Morgan fingerprint density at radius 2 is 1.60 bits per heavy atom. The number of carbonyl (C=O) groups is 1. The second kappa shape index (κ2) is 13.9. The zero-order valence-electron chi connectivity index (χ0n) is 28.0. The van der Waals surface area contributed by atoms with Crippen molar-refractivity contribution in [3.8, 4) is 34.0 Å². The number of fused-ring (bicyclic) bond motifs is 1. The first-order valence-corrected chi connectivity index (χ1v) is 17.9. The Morgan fingerprint density at radius 1 is 0.920 bits per heavy atom. The van der Waals surface area contributed by atoms with Crippen molar-refractivity contribution in [1.82, 2.24) is 9.13 Å². The van der Waals surface area contributed by atoms with Gasteiger partial charge in [-0.05, 0) is 89.8 Å². The van der Waals surface area contributed by atoms with Gasteiger partial charge in [-0.1, -0.05) is 95.8 Å². The average Bonchev–Trinajstić information content (AvgIpc) is 3.65. The van der Waals surface area contributed by atoms with Gasteiger partial charge in [0.1, 0.15) is 5.75 Å². The fourth-order valence-corrected chi connectivity index (χ4v) is 8.01. The Labute approximate surface area is 302 Å². The Balaban J connectivity index is 1.50. The standard InChI is InChI=1S/C41H34BrN3O4S/c1-5-49-40(47)36-26(3)43-41-45(38(36)29-18-21-34(48-4)32(42)22-29)39(46)35(50-41)24-30-23-33(27-12-8-6-9-13-27)44(31-19-16-25(2)17-20-31)37(30)28-14-10-7-11-15-28/h6-24,38H,5H2,1-4H3/b35-24+/t38-/m1/s1. The normalized spacial score (nSPS) is 14.3. The van der Waals surface area contributed by atoms with Crippen molar-refractivity contribution >= 4 is 39.3 Å². The zero-order valence-corrected chi connectivity index (χ0v) is 30.4. The molecule has 7 rings (SSSR count). The van der Waals surface area contributed by atoms with E-state index in [9.17, 15) is 9.59 Å². The first-order valence-electron chi connectivity index (χ1n) is 16.3. The first-order chi connectivity index (χ1) is 24.3. The average molecular weight is 745 g/mol. The molecular weight excluding hydrogens is 710 g/mol. The smallest absolute Gasteiger partial charge is 0.338 e. The number of ether oxygens (including phenoxy) is 2. The number of carbonyl (C=O) groups excluding carboxylic acids is 1. The van der Waals surface area contributed by atoms with Gasteiger partial charge in [0.05, 0.1) is 51.4 Å². The molecule has 0 aliphatic carbocycles. The molecule has 250 valence electrons. The summed E-state index contributed by atoms with van der Waals surface area (Å²) in [5.41, 5.74) is 8.38. The third kappa shape index (κ3) is 6.08. The summed E-state index contributed by atoms with van der Waals surface area (Å²) in [6.07, 6.45) is 1.95. The lowest BCUT2D eigenvalue weighted by Crippen LogP contribution is -2.40. The SMILES string of the molecule is CCOC(=O)C1=C(C)N=c2s/c(=C/c3cc(-c4ccccc4)n(-c4ccc(C)cc4)c3-c3ccccc3)c(=O)n2[C@@H]1c1ccc(OC)c(Br)c1. The molecule has 1 atom stereocenters. The zero-order chi connectivity index (χ0) is 34.9. The lowest BCUT2D eigenvalue weighted by atomic mass is 9.96. The molecule has 1 aliphatic rings. The molecule has 1 aliphatic heterocycles. The number of thiazole rings is 1. The predicted molar refractivity (Wildman–Crippen MR) is 202 cm³/mol. The van der Waals surface area contributed by atoms with E-state index in [1.54, 1.807) is 25.5 Å². The van der Waals surface area contributed by atoms with Gasteiger partial charge in [-0.2, -0.15) is 0 Å². The van der Waals surface area contributed by atoms with Gasteiger partial charge in [-0.15, -0.1) is 0 Å². The number of hydrogen-bond donors (Lipinski definition) is 0. The van der Waals surface area contributed by atoms with E-state index in [0.29, 0.717) is 30.8 Å². The maximum Gasteiger partial charge on any atom is 0.338 e. The second-order valence-corrected chi connectivity index (χ2v) is 13.8. The van der Waals surface area contributed by atoms with Crippen molar-refractivity contribution in [3.63, 3.8) is 0 Å². The molecule has 0 unspecified atom stereocenters. The molecule has 0 amide bonds. The molecular formula is C41H34BrN3O4S. The Hall–Kier alpha value is -5.25. The van der Waals surface area contributed by atoms with Crippen LogP contribution in [-0.4, -0.2) is 28.8 Å². The van der Waals surface area contributed by atoms with Gasteiger partial charge in [0.2, 0.25) is 0 Å². The number of halogens is 1. The maximum atomic E-state index is 14.6. The summed E-state index contributed by atoms with van der Waals surface area (Å²) in [7, 11) is 1.59. The molecule has 0 saturated heterocycles. The van der Waals surface area contributed by atoms with E-state index in [4.69, 9.17) is 14.5 Å². The number of benzene rings is 4. The predicted octanol–water partition coefficient (Wildman–Crippen LogP) is 8.00. The topological polar surface area (TPSA) is 74.8 Å². The van der Waals surface area contributed by atoms with Crippen molar-refractivity contribution in [2.45, 2.75) is 26.8 Å². The molecule has 0 fully saturated rings. The van der Waals surface area contributed by atoms with E-state index in [1.165, 1.54) is 16.9 Å². The van der Waals surface area contributed by atoms with Crippen LogP contribution in [0, 0.1) is 6.92 Å². The van der Waals surface area contributed by atoms with Gasteiger partial charge in [0.25, 0.3) is 5.56 Å². The minimum Gasteiger partial charge on any atom is -0.496 e. The van der Waals surface area contributed by atoms with Crippen LogP contribution >= 0.6 is 27.3 Å². The van der Waals surface area contributed by atoms with Crippen LogP contribution < -0.4 is 19.6 Å². The highest BCUT2D eigenvalue weighted by molar-refractivity contribution is 9.10. The number of rotatable bonds is 8. The van der Waals surface area contributed by atoms with Crippen molar-refractivity contribution < 1.29 is 14.3 Å². The van der Waals surface area contributed by atoms with Gasteiger partial charge in [-0.25, -0.2) is 9.79 Å². The molecule has 0 saturated carbocycles. The van der Waals surface area contributed by atoms with Crippen LogP contribution in [0.4, 0.5) is 0 Å². The van der Waals surface area contributed by atoms with Crippen LogP contribution in [-0.2, 0) is 9.53 Å². The van der Waals surface area contributed by atoms with Crippen LogP contribution in [0.2, 0.25) is 0 Å². The summed E-state index contributed by atoms with van der Waals surface area (Å²) >= 11 is 4.90. The minimum atomic E-state index is -0.750. The van der Waals surface area contributed by atoms with Crippen molar-refractivity contribution in [1.29, 1.82) is 0 Å². The van der Waals surface area contributed by atoms with Crippen molar-refractivity contribution in [2.24, 2.45) is 4.99 Å². The van der Waals surface area contributed by atoms with E-state index in [0.717, 1.165) is 39.3 Å². The number of methoxy groups -OCH3 is 1. The van der Waals surface area contributed by atoms with Gasteiger partial charge in [-0.3, -0.25) is 9.36 Å². The van der Waals surface area contributed by atoms with E-state index in [1.807, 2.05) is 60.7 Å². The molecule has 0 N–H and O–H groups in total.